The van der Waals surface area contributed by atoms with E-state index in [2.05, 4.69) is 11.0 Å². The maximum absolute atomic E-state index is 13.7. The zero-order valence-corrected chi connectivity index (χ0v) is 18.6. The lowest BCUT2D eigenvalue weighted by atomic mass is 9.49. The number of carbonyl (C=O) groups is 2. The Labute approximate surface area is 189 Å². The van der Waals surface area contributed by atoms with Crippen LogP contribution < -0.4 is 0 Å². The molecule has 4 saturated carbocycles. The van der Waals surface area contributed by atoms with Crippen LogP contribution in [0.3, 0.4) is 0 Å². The molecule has 0 atom stereocenters. The molecule has 0 radical (unpaired) electrons. The zero-order chi connectivity index (χ0) is 21.9. The third-order valence-electron chi connectivity index (χ3n) is 8.95. The maximum atomic E-state index is 13.7. The second kappa shape index (κ2) is 7.23. The van der Waals surface area contributed by atoms with E-state index in [4.69, 9.17) is 10.00 Å². The zero-order valence-electron chi connectivity index (χ0n) is 18.6. The summed E-state index contributed by atoms with van der Waals surface area (Å²) in [6.45, 7) is 2.45. The van der Waals surface area contributed by atoms with Crippen LogP contribution in [0, 0.1) is 34.5 Å². The SMILES string of the molecule is N#Cc1ccc(CN2CC3(CCN(C(=O)C45CC6CC(CC(C6)C4)C5)CC3)OC2=O)cc1. The summed E-state index contributed by atoms with van der Waals surface area (Å²) in [5.74, 6) is 2.71. The van der Waals surface area contributed by atoms with Crippen LogP contribution >= 0.6 is 0 Å². The molecule has 4 bridgehead atoms. The number of rotatable bonds is 3. The third kappa shape index (κ3) is 3.29. The summed E-state index contributed by atoms with van der Waals surface area (Å²) < 4.78 is 5.89. The van der Waals surface area contributed by atoms with Crippen molar-refractivity contribution in [1.82, 2.24) is 9.80 Å². The largest absolute Gasteiger partial charge is 0.441 e. The van der Waals surface area contributed by atoms with E-state index >= 15 is 0 Å². The average molecular weight is 434 g/mol. The van der Waals surface area contributed by atoms with Crippen LogP contribution in [0.15, 0.2) is 24.3 Å². The van der Waals surface area contributed by atoms with E-state index in [1.807, 2.05) is 12.1 Å². The smallest absolute Gasteiger partial charge is 0.410 e. The number of nitrogens with zero attached hydrogens (tertiary/aromatic N) is 3. The van der Waals surface area contributed by atoms with E-state index < -0.39 is 5.60 Å². The van der Waals surface area contributed by atoms with Gasteiger partial charge >= 0.3 is 6.09 Å². The Kier molecular flexibility index (Phi) is 4.54. The first-order valence-corrected chi connectivity index (χ1v) is 12.2. The summed E-state index contributed by atoms with van der Waals surface area (Å²) >= 11 is 0. The second-order valence-electron chi connectivity index (χ2n) is 11.2. The lowest BCUT2D eigenvalue weighted by Gasteiger charge is -2.57. The van der Waals surface area contributed by atoms with E-state index in [1.165, 1.54) is 19.3 Å². The van der Waals surface area contributed by atoms with Gasteiger partial charge in [0, 0.05) is 32.5 Å². The van der Waals surface area contributed by atoms with Gasteiger partial charge in [0.1, 0.15) is 5.60 Å². The van der Waals surface area contributed by atoms with E-state index in [0.717, 1.165) is 55.4 Å². The Morgan fingerprint density at radius 3 is 2.19 bits per heavy atom. The summed E-state index contributed by atoms with van der Waals surface area (Å²) in [4.78, 5) is 30.1. The number of carbonyl (C=O) groups excluding carboxylic acids is 2. The van der Waals surface area contributed by atoms with Gasteiger partial charge < -0.3 is 9.64 Å². The van der Waals surface area contributed by atoms with E-state index in [1.54, 1.807) is 17.0 Å². The van der Waals surface area contributed by atoms with E-state index in [9.17, 15) is 9.59 Å². The highest BCUT2D eigenvalue weighted by atomic mass is 16.6. The Morgan fingerprint density at radius 2 is 1.62 bits per heavy atom. The summed E-state index contributed by atoms with van der Waals surface area (Å²) in [7, 11) is 0. The lowest BCUT2D eigenvalue weighted by Crippen LogP contribution is -2.57. The van der Waals surface area contributed by atoms with Gasteiger partial charge in [-0.1, -0.05) is 12.1 Å². The number of hydrogen-bond acceptors (Lipinski definition) is 4. The van der Waals surface area contributed by atoms with Gasteiger partial charge in [-0.2, -0.15) is 5.26 Å². The molecule has 0 N–H and O–H groups in total. The predicted octanol–water partition coefficient (Wildman–Crippen LogP) is 4.09. The van der Waals surface area contributed by atoms with Gasteiger partial charge in [0.05, 0.1) is 23.6 Å². The van der Waals surface area contributed by atoms with Gasteiger partial charge in [-0.3, -0.25) is 9.69 Å². The van der Waals surface area contributed by atoms with Gasteiger partial charge in [0.2, 0.25) is 5.91 Å². The molecular weight excluding hydrogens is 402 g/mol. The first kappa shape index (κ1) is 20.1. The number of piperidine rings is 1. The molecule has 2 heterocycles. The first-order valence-electron chi connectivity index (χ1n) is 12.2. The molecule has 4 aliphatic carbocycles. The van der Waals surface area contributed by atoms with Crippen LogP contribution in [0.4, 0.5) is 4.79 Å². The summed E-state index contributed by atoms with van der Waals surface area (Å²) in [5.41, 5.74) is 1.05. The summed E-state index contributed by atoms with van der Waals surface area (Å²) in [6.07, 6.45) is 8.53. The van der Waals surface area contributed by atoms with Crippen molar-refractivity contribution >= 4 is 12.0 Å². The molecule has 2 saturated heterocycles. The highest BCUT2D eigenvalue weighted by Crippen LogP contribution is 2.60. The van der Waals surface area contributed by atoms with Crippen molar-refractivity contribution in [3.63, 3.8) is 0 Å². The Hall–Kier alpha value is -2.55. The van der Waals surface area contributed by atoms with Crippen LogP contribution in [-0.4, -0.2) is 47.0 Å². The second-order valence-corrected chi connectivity index (χ2v) is 11.2. The normalized spacial score (nSPS) is 34.6. The Bertz CT molecular complexity index is 936. The minimum absolute atomic E-state index is 0.0900. The Balaban J connectivity index is 1.09. The van der Waals surface area contributed by atoms with Crippen molar-refractivity contribution in [2.45, 2.75) is 63.5 Å². The molecule has 32 heavy (non-hydrogen) atoms. The lowest BCUT2D eigenvalue weighted by molar-refractivity contribution is -0.160. The molecule has 0 aromatic heterocycles. The molecule has 1 aromatic carbocycles. The van der Waals surface area contributed by atoms with Gasteiger partial charge in [-0.25, -0.2) is 4.79 Å². The summed E-state index contributed by atoms with van der Waals surface area (Å²) in [5, 5.41) is 8.96. The van der Waals surface area contributed by atoms with Gasteiger partial charge in [0.15, 0.2) is 0 Å². The van der Waals surface area contributed by atoms with Crippen LogP contribution in [0.5, 0.6) is 0 Å². The fourth-order valence-electron chi connectivity index (χ4n) is 7.81. The molecule has 7 rings (SSSR count). The number of likely N-dealkylation sites (tertiary alicyclic amines) is 1. The monoisotopic (exact) mass is 433 g/mol. The number of hydrogen-bond donors (Lipinski definition) is 0. The third-order valence-corrected chi connectivity index (χ3v) is 8.95. The molecule has 0 unspecified atom stereocenters. The van der Waals surface area contributed by atoms with E-state index in [0.29, 0.717) is 37.6 Å². The topological polar surface area (TPSA) is 73.6 Å². The molecule has 1 spiro atoms. The standard InChI is InChI=1S/C26H31N3O3/c27-15-18-1-3-19(4-2-18)16-29-17-26(32-24(29)31)5-7-28(8-6-26)23(30)25-12-20-9-21(13-25)11-22(10-20)14-25/h1-4,20-22H,5-14,16-17H2. The fraction of sp³-hybridized carbons (Fsp3) is 0.654. The van der Waals surface area contributed by atoms with Crippen LogP contribution in [-0.2, 0) is 16.1 Å². The van der Waals surface area contributed by atoms with Crippen LogP contribution in [0.2, 0.25) is 0 Å². The van der Waals surface area contributed by atoms with Crippen molar-refractivity contribution in [1.29, 1.82) is 5.26 Å². The molecule has 6 heteroatoms. The van der Waals surface area contributed by atoms with Crippen molar-refractivity contribution in [3.05, 3.63) is 35.4 Å². The number of amides is 2. The molecular formula is C26H31N3O3. The van der Waals surface area contributed by atoms with Crippen molar-refractivity contribution < 1.29 is 14.3 Å². The quantitative estimate of drug-likeness (QED) is 0.720. The molecule has 6 nitrogen and oxygen atoms in total. The minimum atomic E-state index is -0.470. The minimum Gasteiger partial charge on any atom is -0.441 e. The van der Waals surface area contributed by atoms with Crippen LogP contribution in [0.1, 0.15) is 62.5 Å². The van der Waals surface area contributed by atoms with Crippen molar-refractivity contribution in [2.24, 2.45) is 23.2 Å². The number of benzene rings is 1. The average Bonchev–Trinajstić information content (AvgIpc) is 3.07. The van der Waals surface area contributed by atoms with Crippen LogP contribution in [0.25, 0.3) is 0 Å². The van der Waals surface area contributed by atoms with Crippen molar-refractivity contribution in [3.8, 4) is 6.07 Å². The van der Waals surface area contributed by atoms with Gasteiger partial charge in [-0.15, -0.1) is 0 Å². The number of nitriles is 1. The predicted molar refractivity (Wildman–Crippen MR) is 117 cm³/mol. The highest BCUT2D eigenvalue weighted by molar-refractivity contribution is 5.83. The molecule has 2 amide bonds. The Morgan fingerprint density at radius 1 is 1.03 bits per heavy atom. The van der Waals surface area contributed by atoms with Crippen molar-refractivity contribution in [2.75, 3.05) is 19.6 Å². The van der Waals surface area contributed by atoms with E-state index in [-0.39, 0.29) is 11.5 Å². The molecule has 6 fully saturated rings. The molecule has 168 valence electrons. The molecule has 2 aliphatic heterocycles. The van der Waals surface area contributed by atoms with Gasteiger partial charge in [-0.05, 0) is 74.0 Å². The molecule has 6 aliphatic rings. The summed E-state index contributed by atoms with van der Waals surface area (Å²) in [6, 6.07) is 9.46. The molecule has 1 aromatic rings. The first-order chi connectivity index (χ1) is 15.5. The van der Waals surface area contributed by atoms with Gasteiger partial charge in [0.25, 0.3) is 0 Å². The highest BCUT2D eigenvalue weighted by Gasteiger charge is 2.56. The number of ether oxygens (including phenoxy) is 1. The maximum Gasteiger partial charge on any atom is 0.410 e. The fourth-order valence-corrected chi connectivity index (χ4v) is 7.81.